The first-order valence-electron chi connectivity index (χ1n) is 39.3. The summed E-state index contributed by atoms with van der Waals surface area (Å²) in [4.78, 5) is 24.7. The molecule has 0 aromatic heterocycles. The molecule has 1 unspecified atom stereocenters. The lowest BCUT2D eigenvalue weighted by Crippen LogP contribution is -2.28. The number of esters is 2. The SMILES string of the molecule is CC/C=C\C/C=C\C/C=C\C/C=C\C/C=C\CCCCCCCCCCCCCCCCCCCCCCCCCCCC(=O)OC(CO)COC(=O)CCCCCCCCCCCCCCCCCCCCCCCCCCCCCCCCCC. The Morgan fingerprint density at radius 2 is 0.494 bits per heavy atom. The van der Waals surface area contributed by atoms with E-state index in [9.17, 15) is 14.7 Å². The van der Waals surface area contributed by atoms with Crippen LogP contribution in [-0.2, 0) is 19.1 Å². The van der Waals surface area contributed by atoms with Crippen LogP contribution in [0.4, 0.5) is 0 Å². The van der Waals surface area contributed by atoms with E-state index in [1.165, 1.54) is 340 Å². The van der Waals surface area contributed by atoms with Crippen molar-refractivity contribution < 1.29 is 24.2 Å². The number of aliphatic hydroxyl groups is 1. The first-order valence-corrected chi connectivity index (χ1v) is 39.3. The van der Waals surface area contributed by atoms with Gasteiger partial charge in [0.25, 0.3) is 0 Å². The van der Waals surface area contributed by atoms with Gasteiger partial charge in [0.2, 0.25) is 0 Å². The van der Waals surface area contributed by atoms with Crippen molar-refractivity contribution in [1.82, 2.24) is 0 Å². The van der Waals surface area contributed by atoms with Crippen molar-refractivity contribution in [2.75, 3.05) is 13.2 Å². The lowest BCUT2D eigenvalue weighted by molar-refractivity contribution is -0.161. The molecule has 0 aromatic carbocycles. The Morgan fingerprint density at radius 3 is 0.747 bits per heavy atom. The molecular formula is C82H152O5. The summed E-state index contributed by atoms with van der Waals surface area (Å²) >= 11 is 0. The van der Waals surface area contributed by atoms with Crippen molar-refractivity contribution in [2.45, 2.75) is 437 Å². The van der Waals surface area contributed by atoms with Gasteiger partial charge in [-0.15, -0.1) is 0 Å². The Morgan fingerprint density at radius 1 is 0.276 bits per heavy atom. The number of rotatable bonds is 74. The van der Waals surface area contributed by atoms with Crippen molar-refractivity contribution in [2.24, 2.45) is 0 Å². The monoisotopic (exact) mass is 1220 g/mol. The lowest BCUT2D eigenvalue weighted by Gasteiger charge is -2.15. The fraction of sp³-hybridized carbons (Fsp3) is 0.854. The molecule has 0 spiro atoms. The van der Waals surface area contributed by atoms with Crippen LogP contribution in [0.2, 0.25) is 0 Å². The van der Waals surface area contributed by atoms with Crippen molar-refractivity contribution in [1.29, 1.82) is 0 Å². The van der Waals surface area contributed by atoms with E-state index in [0.29, 0.717) is 12.8 Å². The quantitative estimate of drug-likeness (QED) is 0.0373. The molecule has 1 N–H and O–H groups in total. The minimum absolute atomic E-state index is 0.0586. The zero-order valence-electron chi connectivity index (χ0n) is 58.8. The third-order valence-electron chi connectivity index (χ3n) is 18.1. The highest BCUT2D eigenvalue weighted by atomic mass is 16.6. The van der Waals surface area contributed by atoms with Crippen LogP contribution >= 0.6 is 0 Å². The molecule has 0 bridgehead atoms. The van der Waals surface area contributed by atoms with E-state index >= 15 is 0 Å². The molecule has 0 radical (unpaired) electrons. The molecule has 5 heteroatoms. The molecule has 0 amide bonds. The van der Waals surface area contributed by atoms with Gasteiger partial charge < -0.3 is 14.6 Å². The maximum absolute atomic E-state index is 12.4. The van der Waals surface area contributed by atoms with Gasteiger partial charge in [-0.25, -0.2) is 0 Å². The number of aliphatic hydroxyl groups excluding tert-OH is 1. The largest absolute Gasteiger partial charge is 0.462 e. The molecule has 1 atom stereocenters. The third kappa shape index (κ3) is 76.0. The van der Waals surface area contributed by atoms with Gasteiger partial charge in [-0.05, 0) is 57.8 Å². The fourth-order valence-corrected chi connectivity index (χ4v) is 12.2. The number of hydrogen-bond donors (Lipinski definition) is 1. The van der Waals surface area contributed by atoms with Crippen LogP contribution in [0.3, 0.4) is 0 Å². The number of carbonyl (C=O) groups is 2. The number of hydrogen-bond acceptors (Lipinski definition) is 5. The van der Waals surface area contributed by atoms with E-state index in [1.54, 1.807) is 0 Å². The predicted octanol–water partition coefficient (Wildman–Crippen LogP) is 27.6. The smallest absolute Gasteiger partial charge is 0.306 e. The summed E-state index contributed by atoms with van der Waals surface area (Å²) in [5.74, 6) is -0.562. The van der Waals surface area contributed by atoms with Crippen LogP contribution < -0.4 is 0 Å². The first-order chi connectivity index (χ1) is 43.1. The molecule has 0 rings (SSSR count). The van der Waals surface area contributed by atoms with E-state index in [-0.39, 0.29) is 25.2 Å². The average molecular weight is 1220 g/mol. The van der Waals surface area contributed by atoms with Crippen LogP contribution in [-0.4, -0.2) is 36.4 Å². The molecule has 0 fully saturated rings. The highest BCUT2D eigenvalue weighted by Crippen LogP contribution is 2.20. The molecule has 0 saturated carbocycles. The predicted molar refractivity (Wildman–Crippen MR) is 385 cm³/mol. The van der Waals surface area contributed by atoms with Crippen molar-refractivity contribution >= 4 is 11.9 Å². The van der Waals surface area contributed by atoms with Gasteiger partial charge >= 0.3 is 11.9 Å². The summed E-state index contributed by atoms with van der Waals surface area (Å²) in [6.07, 6.45) is 107. The summed E-state index contributed by atoms with van der Waals surface area (Å²) in [7, 11) is 0. The second-order valence-corrected chi connectivity index (χ2v) is 26.8. The number of ether oxygens (including phenoxy) is 2. The maximum Gasteiger partial charge on any atom is 0.306 e. The van der Waals surface area contributed by atoms with Crippen molar-refractivity contribution in [3.63, 3.8) is 0 Å². The highest BCUT2D eigenvalue weighted by Gasteiger charge is 2.16. The second kappa shape index (κ2) is 77.8. The van der Waals surface area contributed by atoms with Crippen molar-refractivity contribution in [3.05, 3.63) is 60.8 Å². The van der Waals surface area contributed by atoms with Gasteiger partial charge in [-0.2, -0.15) is 0 Å². The van der Waals surface area contributed by atoms with Crippen LogP contribution in [0.25, 0.3) is 0 Å². The maximum atomic E-state index is 12.4. The zero-order chi connectivity index (χ0) is 62.6. The van der Waals surface area contributed by atoms with E-state index in [4.69, 9.17) is 9.47 Å². The third-order valence-corrected chi connectivity index (χ3v) is 18.1. The molecule has 87 heavy (non-hydrogen) atoms. The summed E-state index contributed by atoms with van der Waals surface area (Å²) in [5, 5.41) is 9.73. The standard InChI is InChI=1S/C82H152O5/c1-3-5-7-9-11-13-15-17-19-21-23-25-27-29-31-33-35-37-38-39-40-41-42-43-44-45-47-49-51-53-55-57-59-61-63-65-67-69-71-73-75-77-82(85)87-80(78-83)79-86-81(84)76-74-72-70-68-66-64-62-60-58-56-54-52-50-48-46-36-34-32-30-28-26-24-22-20-18-16-14-12-10-8-6-4-2/h5,7,11,13,17,19,23,25,29,31,80,83H,3-4,6,8-10,12,14-16,18,20-22,24,26-28,30,32-79H2,1-2H3/b7-5-,13-11-,19-17-,25-23-,31-29-. The Labute approximate surface area is 544 Å². The van der Waals surface area contributed by atoms with Crippen LogP contribution in [0.15, 0.2) is 60.8 Å². The van der Waals surface area contributed by atoms with E-state index in [2.05, 4.69) is 74.6 Å². The number of carbonyl (C=O) groups excluding carboxylic acids is 2. The molecule has 0 saturated heterocycles. The lowest BCUT2D eigenvalue weighted by atomic mass is 10.0. The van der Waals surface area contributed by atoms with Gasteiger partial charge in [-0.3, -0.25) is 9.59 Å². The van der Waals surface area contributed by atoms with E-state index in [1.807, 2.05) is 0 Å². The van der Waals surface area contributed by atoms with Crippen LogP contribution in [0, 0.1) is 0 Å². The Bertz CT molecular complexity index is 1480. The molecular weight excluding hydrogens is 1060 g/mol. The normalized spacial score (nSPS) is 12.4. The van der Waals surface area contributed by atoms with E-state index in [0.717, 1.165) is 64.2 Å². The van der Waals surface area contributed by atoms with Crippen molar-refractivity contribution in [3.8, 4) is 0 Å². The summed E-state index contributed by atoms with van der Waals surface area (Å²) in [6.45, 7) is 4.10. The Hall–Kier alpha value is -2.40. The number of allylic oxidation sites excluding steroid dienone is 10. The van der Waals surface area contributed by atoms with Gasteiger partial charge in [0.15, 0.2) is 6.10 Å². The van der Waals surface area contributed by atoms with Crippen LogP contribution in [0.1, 0.15) is 431 Å². The molecule has 0 aromatic rings. The van der Waals surface area contributed by atoms with Gasteiger partial charge in [0, 0.05) is 12.8 Å². The molecule has 0 aliphatic heterocycles. The van der Waals surface area contributed by atoms with Crippen LogP contribution in [0.5, 0.6) is 0 Å². The molecule has 0 aliphatic rings. The molecule has 510 valence electrons. The Kier molecular flexibility index (Phi) is 75.7. The molecule has 5 nitrogen and oxygen atoms in total. The first kappa shape index (κ1) is 84.6. The minimum atomic E-state index is -0.770. The summed E-state index contributed by atoms with van der Waals surface area (Å²) < 4.78 is 10.8. The Balaban J connectivity index is 3.37. The number of unbranched alkanes of at least 4 members (excludes halogenated alkanes) is 56. The highest BCUT2D eigenvalue weighted by molar-refractivity contribution is 5.70. The minimum Gasteiger partial charge on any atom is -0.462 e. The van der Waals surface area contributed by atoms with Gasteiger partial charge in [0.05, 0.1) is 6.61 Å². The van der Waals surface area contributed by atoms with Gasteiger partial charge in [0.1, 0.15) is 6.61 Å². The zero-order valence-corrected chi connectivity index (χ0v) is 58.8. The summed E-state index contributed by atoms with van der Waals surface area (Å²) in [6, 6.07) is 0. The van der Waals surface area contributed by atoms with Gasteiger partial charge in [-0.1, -0.05) is 421 Å². The summed E-state index contributed by atoms with van der Waals surface area (Å²) in [5.41, 5.74) is 0. The fourth-order valence-electron chi connectivity index (χ4n) is 12.2. The molecule has 0 aliphatic carbocycles. The second-order valence-electron chi connectivity index (χ2n) is 26.8. The average Bonchev–Trinajstić information content (AvgIpc) is 3.53. The van der Waals surface area contributed by atoms with E-state index < -0.39 is 6.10 Å². The topological polar surface area (TPSA) is 72.8 Å². The molecule has 0 heterocycles.